The standard InChI is InChI=1S/C34H30FNO5S/c1-2-17-40-28-14-7-24(8-15-28)25-9-16-31-26(19-25)20-32(42-31)33(37)36-30(34(38)39)18-22-5-12-29(13-6-22)41-21-23-3-10-27(35)11-4-23/h3-16,19-20,30H,2,17-18,21H2,1H3,(H,36,37)(H,38,39). The first-order valence-electron chi connectivity index (χ1n) is 13.6. The Balaban J connectivity index is 1.21. The molecule has 4 aromatic carbocycles. The van der Waals surface area contributed by atoms with Crippen LogP contribution >= 0.6 is 11.3 Å². The second kappa shape index (κ2) is 13.3. The van der Waals surface area contributed by atoms with Crippen molar-refractivity contribution in [3.63, 3.8) is 0 Å². The van der Waals surface area contributed by atoms with E-state index < -0.39 is 17.9 Å². The number of nitrogens with one attached hydrogen (secondary N) is 1. The number of thiophene rings is 1. The van der Waals surface area contributed by atoms with Crippen LogP contribution in [-0.4, -0.2) is 29.6 Å². The van der Waals surface area contributed by atoms with E-state index in [0.29, 0.717) is 17.2 Å². The Morgan fingerprint density at radius 3 is 2.17 bits per heavy atom. The number of amides is 1. The quantitative estimate of drug-likeness (QED) is 0.159. The zero-order valence-corrected chi connectivity index (χ0v) is 23.8. The van der Waals surface area contributed by atoms with E-state index >= 15 is 0 Å². The van der Waals surface area contributed by atoms with Crippen molar-refractivity contribution < 1.29 is 28.6 Å². The predicted molar refractivity (Wildman–Crippen MR) is 163 cm³/mol. The average molecular weight is 584 g/mol. The van der Waals surface area contributed by atoms with Gasteiger partial charge in [0.15, 0.2) is 0 Å². The molecule has 0 saturated heterocycles. The lowest BCUT2D eigenvalue weighted by atomic mass is 10.0. The highest BCUT2D eigenvalue weighted by Crippen LogP contribution is 2.31. The van der Waals surface area contributed by atoms with E-state index in [1.807, 2.05) is 42.5 Å². The predicted octanol–water partition coefficient (Wildman–Crippen LogP) is 7.50. The topological polar surface area (TPSA) is 84.9 Å². The zero-order chi connectivity index (χ0) is 29.5. The summed E-state index contributed by atoms with van der Waals surface area (Å²) in [5.74, 6) is -0.420. The van der Waals surface area contributed by atoms with Gasteiger partial charge in [0.05, 0.1) is 11.5 Å². The number of aliphatic carboxylic acids is 1. The summed E-state index contributed by atoms with van der Waals surface area (Å²) in [4.78, 5) is 25.5. The smallest absolute Gasteiger partial charge is 0.326 e. The number of hydrogen-bond donors (Lipinski definition) is 2. The number of benzene rings is 4. The molecule has 0 bridgehead atoms. The van der Waals surface area contributed by atoms with Crippen LogP contribution in [0.5, 0.6) is 11.5 Å². The molecule has 214 valence electrons. The van der Waals surface area contributed by atoms with Gasteiger partial charge in [0.1, 0.15) is 30.0 Å². The fourth-order valence-electron chi connectivity index (χ4n) is 4.43. The molecule has 2 N–H and O–H groups in total. The summed E-state index contributed by atoms with van der Waals surface area (Å²) in [7, 11) is 0. The molecule has 1 atom stereocenters. The third-order valence-corrected chi connectivity index (χ3v) is 7.80. The number of carboxylic acids is 1. The maximum absolute atomic E-state index is 13.1. The summed E-state index contributed by atoms with van der Waals surface area (Å²) in [5, 5.41) is 13.4. The van der Waals surface area contributed by atoms with Crippen molar-refractivity contribution in [3.05, 3.63) is 119 Å². The van der Waals surface area contributed by atoms with Crippen LogP contribution in [0.2, 0.25) is 0 Å². The maximum Gasteiger partial charge on any atom is 0.326 e. The van der Waals surface area contributed by atoms with Crippen molar-refractivity contribution >= 4 is 33.3 Å². The van der Waals surface area contributed by atoms with E-state index in [1.54, 1.807) is 42.5 Å². The molecular formula is C34H30FNO5S. The van der Waals surface area contributed by atoms with Gasteiger partial charge in [-0.25, -0.2) is 9.18 Å². The van der Waals surface area contributed by atoms with E-state index in [2.05, 4.69) is 12.2 Å². The van der Waals surface area contributed by atoms with Gasteiger partial charge in [-0.05, 0) is 88.7 Å². The van der Waals surface area contributed by atoms with Crippen LogP contribution < -0.4 is 14.8 Å². The van der Waals surface area contributed by atoms with Gasteiger partial charge in [-0.15, -0.1) is 11.3 Å². The van der Waals surface area contributed by atoms with Gasteiger partial charge >= 0.3 is 5.97 Å². The molecule has 0 radical (unpaired) electrons. The molecule has 0 aliphatic heterocycles. The molecule has 0 saturated carbocycles. The molecule has 1 unspecified atom stereocenters. The molecule has 0 fully saturated rings. The molecule has 6 nitrogen and oxygen atoms in total. The first-order chi connectivity index (χ1) is 20.4. The van der Waals surface area contributed by atoms with E-state index in [0.717, 1.165) is 44.5 Å². The highest BCUT2D eigenvalue weighted by atomic mass is 32.1. The normalized spacial score (nSPS) is 11.7. The summed E-state index contributed by atoms with van der Waals surface area (Å²) in [6.07, 6.45) is 1.07. The van der Waals surface area contributed by atoms with Crippen LogP contribution in [0.25, 0.3) is 21.2 Å². The Hall–Kier alpha value is -4.69. The summed E-state index contributed by atoms with van der Waals surface area (Å²) in [5.41, 5.74) is 3.63. The van der Waals surface area contributed by atoms with E-state index in [9.17, 15) is 19.1 Å². The van der Waals surface area contributed by atoms with Gasteiger partial charge in [-0.3, -0.25) is 4.79 Å². The number of hydrogen-bond acceptors (Lipinski definition) is 5. The van der Waals surface area contributed by atoms with Crippen LogP contribution in [0, 0.1) is 5.82 Å². The molecule has 0 aliphatic carbocycles. The van der Waals surface area contributed by atoms with Gasteiger partial charge in [0.2, 0.25) is 0 Å². The van der Waals surface area contributed by atoms with Gasteiger partial charge in [0.25, 0.3) is 5.91 Å². The minimum Gasteiger partial charge on any atom is -0.494 e. The van der Waals surface area contributed by atoms with Crippen LogP contribution in [-0.2, 0) is 17.8 Å². The minimum atomic E-state index is -1.12. The number of carbonyl (C=O) groups excluding carboxylic acids is 1. The van der Waals surface area contributed by atoms with Crippen molar-refractivity contribution in [2.45, 2.75) is 32.4 Å². The van der Waals surface area contributed by atoms with Crippen molar-refractivity contribution in [2.24, 2.45) is 0 Å². The average Bonchev–Trinajstić information content (AvgIpc) is 3.44. The molecular weight excluding hydrogens is 553 g/mol. The highest BCUT2D eigenvalue weighted by molar-refractivity contribution is 7.20. The number of fused-ring (bicyclic) bond motifs is 1. The second-order valence-electron chi connectivity index (χ2n) is 9.86. The fourth-order valence-corrected chi connectivity index (χ4v) is 5.38. The maximum atomic E-state index is 13.1. The van der Waals surface area contributed by atoms with Gasteiger partial charge in [-0.1, -0.05) is 49.4 Å². The van der Waals surface area contributed by atoms with Gasteiger partial charge in [0, 0.05) is 11.1 Å². The first kappa shape index (κ1) is 28.8. The summed E-state index contributed by atoms with van der Waals surface area (Å²) >= 11 is 1.32. The number of carboxylic acid groups (broad SMARTS) is 1. The van der Waals surface area contributed by atoms with Crippen molar-refractivity contribution in [1.29, 1.82) is 0 Å². The van der Waals surface area contributed by atoms with Crippen molar-refractivity contribution in [3.8, 4) is 22.6 Å². The lowest BCUT2D eigenvalue weighted by Crippen LogP contribution is -2.42. The lowest BCUT2D eigenvalue weighted by molar-refractivity contribution is -0.139. The molecule has 0 spiro atoms. The second-order valence-corrected chi connectivity index (χ2v) is 10.9. The van der Waals surface area contributed by atoms with E-state index in [-0.39, 0.29) is 18.8 Å². The third kappa shape index (κ3) is 7.33. The Bertz CT molecular complexity index is 1660. The zero-order valence-electron chi connectivity index (χ0n) is 23.0. The Kier molecular flexibility index (Phi) is 9.14. The van der Waals surface area contributed by atoms with Crippen LogP contribution in [0.1, 0.15) is 34.1 Å². The molecule has 1 aromatic heterocycles. The highest BCUT2D eigenvalue weighted by Gasteiger charge is 2.22. The molecule has 1 amide bonds. The number of carbonyl (C=O) groups is 2. The first-order valence-corrected chi connectivity index (χ1v) is 14.5. The monoisotopic (exact) mass is 583 g/mol. The SMILES string of the molecule is CCCOc1ccc(-c2ccc3sc(C(=O)NC(Cc4ccc(OCc5ccc(F)cc5)cc4)C(=O)O)cc3c2)cc1. The number of rotatable bonds is 12. The Labute approximate surface area is 247 Å². The lowest BCUT2D eigenvalue weighted by Gasteiger charge is -2.14. The summed E-state index contributed by atoms with van der Waals surface area (Å²) in [6.45, 7) is 3.02. The van der Waals surface area contributed by atoms with E-state index in [4.69, 9.17) is 9.47 Å². The minimum absolute atomic E-state index is 0.117. The molecule has 8 heteroatoms. The third-order valence-electron chi connectivity index (χ3n) is 6.69. The summed E-state index contributed by atoms with van der Waals surface area (Å²) < 4.78 is 25.4. The molecule has 1 heterocycles. The largest absolute Gasteiger partial charge is 0.494 e. The van der Waals surface area contributed by atoms with Gasteiger partial charge < -0.3 is 19.9 Å². The molecule has 5 rings (SSSR count). The van der Waals surface area contributed by atoms with Crippen LogP contribution in [0.3, 0.4) is 0 Å². The van der Waals surface area contributed by atoms with Crippen molar-refractivity contribution in [1.82, 2.24) is 5.32 Å². The molecule has 0 aliphatic rings. The Morgan fingerprint density at radius 1 is 0.833 bits per heavy atom. The summed E-state index contributed by atoms with van der Waals surface area (Å²) in [6, 6.07) is 27.7. The number of ether oxygens (including phenoxy) is 2. The fraction of sp³-hybridized carbons (Fsp3) is 0.176. The molecule has 42 heavy (non-hydrogen) atoms. The van der Waals surface area contributed by atoms with Crippen LogP contribution in [0.15, 0.2) is 97.1 Å². The Morgan fingerprint density at radius 2 is 1.48 bits per heavy atom. The van der Waals surface area contributed by atoms with Crippen LogP contribution in [0.4, 0.5) is 4.39 Å². The molecule has 5 aromatic rings. The van der Waals surface area contributed by atoms with Gasteiger partial charge in [-0.2, -0.15) is 0 Å². The number of halogens is 1. The van der Waals surface area contributed by atoms with E-state index in [1.165, 1.54) is 23.5 Å². The van der Waals surface area contributed by atoms with Crippen molar-refractivity contribution in [2.75, 3.05) is 6.61 Å².